The fourth-order valence-corrected chi connectivity index (χ4v) is 4.49. The molecule has 1 fully saturated rings. The van der Waals surface area contributed by atoms with Gasteiger partial charge in [-0.1, -0.05) is 49.6 Å². The molecule has 1 unspecified atom stereocenters. The van der Waals surface area contributed by atoms with Crippen LogP contribution in [0.2, 0.25) is 5.02 Å². The van der Waals surface area contributed by atoms with Crippen LogP contribution in [-0.2, 0) is 25.0 Å². The molecule has 2 aromatic rings. The highest BCUT2D eigenvalue weighted by molar-refractivity contribution is 6.30. The molecule has 1 aromatic heterocycles. The number of carbonyl (C=O) groups is 4. The molecule has 3 N–H and O–H groups in total. The second kappa shape index (κ2) is 14.0. The van der Waals surface area contributed by atoms with Crippen LogP contribution in [0.15, 0.2) is 48.8 Å². The largest absolute Gasteiger partial charge is 0.434 e. The van der Waals surface area contributed by atoms with Crippen LogP contribution in [0.4, 0.5) is 13.6 Å². The number of pyridine rings is 1. The Hall–Kier alpha value is -3.60. The Labute approximate surface area is 230 Å². The van der Waals surface area contributed by atoms with E-state index in [1.165, 1.54) is 30.5 Å². The maximum Gasteiger partial charge on any atom is 0.408 e. The van der Waals surface area contributed by atoms with Crippen LogP contribution in [0, 0.1) is 5.92 Å². The third-order valence-corrected chi connectivity index (χ3v) is 6.63. The summed E-state index contributed by atoms with van der Waals surface area (Å²) in [6.45, 7) is 2.37. The summed E-state index contributed by atoms with van der Waals surface area (Å²) in [5.41, 5.74) is -0.537. The van der Waals surface area contributed by atoms with Gasteiger partial charge in [-0.25, -0.2) is 4.79 Å². The molecule has 2 heterocycles. The number of aromatic nitrogens is 1. The van der Waals surface area contributed by atoms with Crippen LogP contribution in [0.3, 0.4) is 0 Å². The molecule has 3 amide bonds. The van der Waals surface area contributed by atoms with E-state index in [-0.39, 0.29) is 29.3 Å². The number of nitrogens with zero attached hydrogens (tertiary/aromatic N) is 1. The second-order valence-electron chi connectivity index (χ2n) is 9.31. The summed E-state index contributed by atoms with van der Waals surface area (Å²) < 4.78 is 36.5. The number of carbonyl (C=O) groups excluding carboxylic acids is 4. The number of benzene rings is 1. The summed E-state index contributed by atoms with van der Waals surface area (Å²) in [6, 6.07) is 5.70. The second-order valence-corrected chi connectivity index (χ2v) is 9.74. The number of nitrogens with one attached hydrogen (secondary N) is 3. The smallest absolute Gasteiger partial charge is 0.408 e. The number of amides is 3. The first-order valence-corrected chi connectivity index (χ1v) is 13.1. The molecule has 12 heteroatoms. The maximum absolute atomic E-state index is 15.6. The predicted octanol–water partition coefficient (Wildman–Crippen LogP) is 4.06. The molecule has 0 spiro atoms. The lowest BCUT2D eigenvalue weighted by atomic mass is 9.98. The van der Waals surface area contributed by atoms with Gasteiger partial charge in [0.25, 0.3) is 0 Å². The quantitative estimate of drug-likeness (QED) is 0.315. The van der Waals surface area contributed by atoms with E-state index in [2.05, 4.69) is 20.9 Å². The van der Waals surface area contributed by atoms with Gasteiger partial charge < -0.3 is 25.5 Å². The number of aldehydes is 1. The van der Waals surface area contributed by atoms with Gasteiger partial charge in [0, 0.05) is 41.0 Å². The zero-order chi connectivity index (χ0) is 28.4. The van der Waals surface area contributed by atoms with Gasteiger partial charge >= 0.3 is 12.0 Å². The molecule has 0 aliphatic carbocycles. The first-order chi connectivity index (χ1) is 18.6. The third kappa shape index (κ3) is 8.19. The van der Waals surface area contributed by atoms with E-state index in [1.807, 2.05) is 6.92 Å². The number of rotatable bonds is 13. The molecule has 0 radical (unpaired) electrons. The molecule has 3 rings (SSSR count). The highest BCUT2D eigenvalue weighted by Crippen LogP contribution is 2.43. The van der Waals surface area contributed by atoms with Crippen LogP contribution >= 0.6 is 11.6 Å². The number of alkyl carbamates (subject to hydrolysis) is 1. The van der Waals surface area contributed by atoms with Crippen molar-refractivity contribution in [1.29, 1.82) is 0 Å². The van der Waals surface area contributed by atoms with E-state index in [0.29, 0.717) is 32.1 Å². The van der Waals surface area contributed by atoms with Gasteiger partial charge in [0.05, 0.1) is 6.04 Å². The highest BCUT2D eigenvalue weighted by atomic mass is 35.5. The molecule has 39 heavy (non-hydrogen) atoms. The molecule has 210 valence electrons. The van der Waals surface area contributed by atoms with E-state index in [9.17, 15) is 19.2 Å². The zero-order valence-electron chi connectivity index (χ0n) is 21.4. The van der Waals surface area contributed by atoms with Crippen molar-refractivity contribution in [2.24, 2.45) is 5.92 Å². The maximum atomic E-state index is 15.6. The van der Waals surface area contributed by atoms with Crippen LogP contribution < -0.4 is 16.0 Å². The van der Waals surface area contributed by atoms with Crippen LogP contribution in [0.5, 0.6) is 0 Å². The minimum atomic E-state index is -3.70. The minimum Gasteiger partial charge on any atom is -0.434 e. The Balaban J connectivity index is 1.76. The normalized spacial score (nSPS) is 17.4. The lowest BCUT2D eigenvalue weighted by Gasteiger charge is -2.28. The lowest BCUT2D eigenvalue weighted by molar-refractivity contribution is -0.129. The van der Waals surface area contributed by atoms with E-state index >= 15 is 8.78 Å². The van der Waals surface area contributed by atoms with Gasteiger partial charge in [0.2, 0.25) is 11.8 Å². The van der Waals surface area contributed by atoms with Crippen molar-refractivity contribution < 1.29 is 32.7 Å². The molecule has 1 saturated heterocycles. The lowest BCUT2D eigenvalue weighted by Crippen LogP contribution is -2.51. The SMILES string of the molecule is CCCC[C@H](NC(=O)OC(c1cccnc1)C(F)(F)c1cccc(Cl)c1)C(=O)N[C@H](C=O)C[C@@H]1CCNC1=O. The molecule has 0 bridgehead atoms. The molecule has 0 saturated carbocycles. The summed E-state index contributed by atoms with van der Waals surface area (Å²) in [7, 11) is 0. The van der Waals surface area contributed by atoms with E-state index in [1.54, 1.807) is 0 Å². The Morgan fingerprint density at radius 2 is 2.08 bits per heavy atom. The monoisotopic (exact) mass is 564 g/mol. The van der Waals surface area contributed by atoms with Crippen molar-refractivity contribution in [1.82, 2.24) is 20.9 Å². The van der Waals surface area contributed by atoms with E-state index < -0.39 is 47.6 Å². The molecule has 4 atom stereocenters. The number of hydrogen-bond donors (Lipinski definition) is 3. The van der Waals surface area contributed by atoms with Gasteiger partial charge in [-0.3, -0.25) is 14.6 Å². The van der Waals surface area contributed by atoms with E-state index in [0.717, 1.165) is 18.3 Å². The molecular weight excluding hydrogens is 534 g/mol. The summed E-state index contributed by atoms with van der Waals surface area (Å²) in [5, 5.41) is 7.67. The Bertz CT molecular complexity index is 1150. The first-order valence-electron chi connectivity index (χ1n) is 12.7. The molecule has 9 nitrogen and oxygen atoms in total. The van der Waals surface area contributed by atoms with Crippen LogP contribution in [0.25, 0.3) is 0 Å². The van der Waals surface area contributed by atoms with Crippen molar-refractivity contribution in [2.45, 2.75) is 63.1 Å². The first kappa shape index (κ1) is 29.9. The predicted molar refractivity (Wildman–Crippen MR) is 139 cm³/mol. The molecular formula is C27H31ClF2N4O5. The summed E-state index contributed by atoms with van der Waals surface area (Å²) in [6.07, 6.45) is 1.79. The summed E-state index contributed by atoms with van der Waals surface area (Å²) in [4.78, 5) is 53.3. The third-order valence-electron chi connectivity index (χ3n) is 6.40. The van der Waals surface area contributed by atoms with Crippen LogP contribution in [0.1, 0.15) is 56.3 Å². The number of halogens is 3. The average Bonchev–Trinajstić information content (AvgIpc) is 3.33. The van der Waals surface area contributed by atoms with Crippen molar-refractivity contribution >= 4 is 35.8 Å². The molecule has 1 aliphatic heterocycles. The van der Waals surface area contributed by atoms with Gasteiger partial charge in [0.15, 0.2) is 6.10 Å². The number of hydrogen-bond acceptors (Lipinski definition) is 6. The van der Waals surface area contributed by atoms with Crippen molar-refractivity contribution in [2.75, 3.05) is 6.54 Å². The van der Waals surface area contributed by atoms with Crippen LogP contribution in [-0.4, -0.2) is 47.8 Å². The standard InChI is InChI=1S/C27H31ClF2N4O5/c1-2-3-9-22(25(37)33-21(16-35)13-17-10-12-32-24(17)36)34-26(38)39-23(18-6-5-11-31-15-18)27(29,30)19-7-4-8-20(28)14-19/h4-8,11,14-17,21-23H,2-3,9-10,12-13H2,1H3,(H,32,36)(H,33,37)(H,34,38)/t17-,21-,22-,23?/m0/s1. The number of ether oxygens (including phenoxy) is 1. The van der Waals surface area contributed by atoms with Crippen molar-refractivity contribution in [3.63, 3.8) is 0 Å². The van der Waals surface area contributed by atoms with Crippen molar-refractivity contribution in [3.8, 4) is 0 Å². The van der Waals surface area contributed by atoms with Gasteiger partial charge in [-0.05, 0) is 37.5 Å². The highest BCUT2D eigenvalue weighted by Gasteiger charge is 2.46. The van der Waals surface area contributed by atoms with E-state index in [4.69, 9.17) is 16.3 Å². The van der Waals surface area contributed by atoms with Gasteiger partial charge in [-0.2, -0.15) is 8.78 Å². The molecule has 1 aromatic carbocycles. The minimum absolute atomic E-state index is 0.0666. The number of alkyl halides is 2. The fraction of sp³-hybridized carbons (Fsp3) is 0.444. The summed E-state index contributed by atoms with van der Waals surface area (Å²) in [5.74, 6) is -4.99. The van der Waals surface area contributed by atoms with Gasteiger partial charge in [-0.15, -0.1) is 0 Å². The fourth-order valence-electron chi connectivity index (χ4n) is 4.30. The number of unbranched alkanes of at least 4 members (excludes halogenated alkanes) is 1. The Kier molecular flexibility index (Phi) is 10.7. The average molecular weight is 565 g/mol. The topological polar surface area (TPSA) is 126 Å². The Morgan fingerprint density at radius 1 is 1.28 bits per heavy atom. The van der Waals surface area contributed by atoms with Crippen molar-refractivity contribution in [3.05, 3.63) is 64.9 Å². The molecule has 1 aliphatic rings. The summed E-state index contributed by atoms with van der Waals surface area (Å²) >= 11 is 5.92. The van der Waals surface area contributed by atoms with Gasteiger partial charge in [0.1, 0.15) is 12.3 Å². The zero-order valence-corrected chi connectivity index (χ0v) is 22.1. The Morgan fingerprint density at radius 3 is 2.69 bits per heavy atom.